The number of rotatable bonds is 13. The molecule has 0 aromatic heterocycles. The van der Waals surface area contributed by atoms with Crippen LogP contribution in [0.1, 0.15) is 35.4 Å². The molecule has 0 saturated carbocycles. The zero-order valence-electron chi connectivity index (χ0n) is 25.7. The highest BCUT2D eigenvalue weighted by Gasteiger charge is 2.33. The third-order valence-electron chi connectivity index (χ3n) is 7.72. The topological polar surface area (TPSA) is 189 Å². The van der Waals surface area contributed by atoms with Crippen molar-refractivity contribution >= 4 is 41.6 Å². The monoisotopic (exact) mass is 655 g/mol. The second kappa shape index (κ2) is 15.5. The van der Waals surface area contributed by atoms with Gasteiger partial charge in [-0.3, -0.25) is 24.0 Å². The second-order valence-electron chi connectivity index (χ2n) is 11.0. The third kappa shape index (κ3) is 8.40. The molecule has 14 heteroatoms. The summed E-state index contributed by atoms with van der Waals surface area (Å²) in [4.78, 5) is 90.6. The van der Waals surface area contributed by atoms with E-state index in [0.29, 0.717) is 10.6 Å². The maximum Gasteiger partial charge on any atom is 0.407 e. The van der Waals surface area contributed by atoms with Crippen molar-refractivity contribution in [2.45, 2.75) is 31.2 Å². The predicted molar refractivity (Wildman–Crippen MR) is 168 cm³/mol. The van der Waals surface area contributed by atoms with E-state index < -0.39 is 67.3 Å². The Morgan fingerprint density at radius 2 is 1.29 bits per heavy atom. The summed E-state index contributed by atoms with van der Waals surface area (Å²) >= 11 is 0. The summed E-state index contributed by atoms with van der Waals surface area (Å²) in [7, 11) is 0. The Labute approximate surface area is 275 Å². The molecular weight excluding hydrogens is 622 g/mol. The number of fused-ring (bicyclic) bond motifs is 3. The van der Waals surface area contributed by atoms with Crippen LogP contribution in [-0.4, -0.2) is 78.9 Å². The molecule has 1 heterocycles. The zero-order chi connectivity index (χ0) is 34.0. The first kappa shape index (κ1) is 33.3. The first-order chi connectivity index (χ1) is 23.2. The van der Waals surface area contributed by atoms with E-state index in [1.165, 1.54) is 0 Å². The predicted octanol–water partition coefficient (Wildman–Crippen LogP) is 1.09. The summed E-state index contributed by atoms with van der Waals surface area (Å²) < 4.78 is 5.42. The Morgan fingerprint density at radius 1 is 0.708 bits per heavy atom. The van der Waals surface area contributed by atoms with E-state index in [1.807, 2.05) is 48.5 Å². The molecule has 4 N–H and O–H groups in total. The van der Waals surface area contributed by atoms with Gasteiger partial charge in [-0.15, -0.1) is 5.06 Å². The number of nitrogens with one attached hydrogen (secondary N) is 4. The van der Waals surface area contributed by atoms with E-state index in [2.05, 4.69) is 21.3 Å². The summed E-state index contributed by atoms with van der Waals surface area (Å²) in [5.41, 5.74) is 4.96. The first-order valence-corrected chi connectivity index (χ1v) is 15.2. The van der Waals surface area contributed by atoms with E-state index in [0.717, 1.165) is 22.3 Å². The lowest BCUT2D eigenvalue weighted by atomic mass is 9.98. The summed E-state index contributed by atoms with van der Waals surface area (Å²) in [6.07, 6.45) is -0.904. The van der Waals surface area contributed by atoms with Gasteiger partial charge in [-0.1, -0.05) is 78.9 Å². The van der Waals surface area contributed by atoms with Crippen LogP contribution >= 0.6 is 0 Å². The molecule has 0 unspecified atom stereocenters. The summed E-state index contributed by atoms with van der Waals surface area (Å²) in [5, 5.41) is 9.95. The van der Waals surface area contributed by atoms with Crippen molar-refractivity contribution in [2.24, 2.45) is 0 Å². The highest BCUT2D eigenvalue weighted by Crippen LogP contribution is 2.44. The lowest BCUT2D eigenvalue weighted by molar-refractivity contribution is -0.196. The molecule has 0 radical (unpaired) electrons. The maximum absolute atomic E-state index is 12.9. The number of carbonyl (C=O) groups is 7. The SMILES string of the molecule is O=C(CNC(=O)OCC1c2ccccc2-c2ccccc21)NCC(=O)N[C@@H](Cc1ccccc1)C(=O)NCC(=O)ON1C(=O)CCC1=O. The third-order valence-corrected chi connectivity index (χ3v) is 7.72. The lowest BCUT2D eigenvalue weighted by Crippen LogP contribution is -2.52. The molecule has 1 saturated heterocycles. The molecule has 248 valence electrons. The van der Waals surface area contributed by atoms with Crippen LogP contribution < -0.4 is 21.3 Å². The molecule has 6 amide bonds. The first-order valence-electron chi connectivity index (χ1n) is 15.2. The standard InChI is InChI=1S/C34H33N5O9/c40-28(17-37-34(46)47-20-26-24-12-6-4-10-22(24)23-11-5-7-13-25(23)26)35-18-29(41)38-27(16-21-8-2-1-3-9-21)33(45)36-19-32(44)48-39-30(42)14-15-31(39)43/h1-13,26-27H,14-20H2,(H,35,40)(H,36,45)(H,37,46)(H,38,41)/t27-/m0/s1. The average molecular weight is 656 g/mol. The molecule has 0 spiro atoms. The van der Waals surface area contributed by atoms with Crippen LogP contribution in [0.25, 0.3) is 11.1 Å². The van der Waals surface area contributed by atoms with Gasteiger partial charge in [0, 0.05) is 25.2 Å². The van der Waals surface area contributed by atoms with Gasteiger partial charge in [-0.05, 0) is 27.8 Å². The Balaban J connectivity index is 1.06. The molecule has 5 rings (SSSR count). The van der Waals surface area contributed by atoms with Gasteiger partial charge in [-0.2, -0.15) is 0 Å². The van der Waals surface area contributed by atoms with Gasteiger partial charge in [0.05, 0.1) is 6.54 Å². The fraction of sp³-hybridized carbons (Fsp3) is 0.265. The van der Waals surface area contributed by atoms with Crippen molar-refractivity contribution in [3.05, 3.63) is 95.6 Å². The number of carbonyl (C=O) groups excluding carboxylic acids is 7. The van der Waals surface area contributed by atoms with Crippen molar-refractivity contribution in [3.8, 4) is 11.1 Å². The van der Waals surface area contributed by atoms with Crippen molar-refractivity contribution < 1.29 is 43.1 Å². The summed E-state index contributed by atoms with van der Waals surface area (Å²) in [6.45, 7) is -1.57. The number of amides is 6. The van der Waals surface area contributed by atoms with Gasteiger partial charge in [0.1, 0.15) is 25.7 Å². The van der Waals surface area contributed by atoms with Gasteiger partial charge >= 0.3 is 12.1 Å². The van der Waals surface area contributed by atoms with Crippen molar-refractivity contribution in [2.75, 3.05) is 26.2 Å². The maximum atomic E-state index is 12.9. The van der Waals surface area contributed by atoms with Crippen LogP contribution in [0.4, 0.5) is 4.79 Å². The number of benzene rings is 3. The summed E-state index contributed by atoms with van der Waals surface area (Å²) in [6, 6.07) is 23.4. The van der Waals surface area contributed by atoms with Crippen LogP contribution in [0, 0.1) is 0 Å². The minimum absolute atomic E-state index is 0.0494. The van der Waals surface area contributed by atoms with Crippen molar-refractivity contribution in [3.63, 3.8) is 0 Å². The van der Waals surface area contributed by atoms with Crippen molar-refractivity contribution in [1.29, 1.82) is 0 Å². The van der Waals surface area contributed by atoms with Crippen LogP contribution in [0.2, 0.25) is 0 Å². The molecule has 1 aliphatic carbocycles. The molecule has 3 aromatic carbocycles. The molecule has 1 aliphatic heterocycles. The van der Waals surface area contributed by atoms with Crippen LogP contribution in [0.5, 0.6) is 0 Å². The van der Waals surface area contributed by atoms with E-state index >= 15 is 0 Å². The molecule has 0 bridgehead atoms. The smallest absolute Gasteiger partial charge is 0.407 e. The number of hydroxylamine groups is 2. The van der Waals surface area contributed by atoms with Gasteiger partial charge in [0.25, 0.3) is 11.8 Å². The normalized spacial score (nSPS) is 14.0. The van der Waals surface area contributed by atoms with Crippen molar-refractivity contribution in [1.82, 2.24) is 26.3 Å². The Hall–Kier alpha value is -6.05. The number of hydrogen-bond acceptors (Lipinski definition) is 9. The summed E-state index contributed by atoms with van der Waals surface area (Å²) in [5.74, 6) is -4.65. The Morgan fingerprint density at radius 3 is 1.94 bits per heavy atom. The highest BCUT2D eigenvalue weighted by atomic mass is 16.7. The fourth-order valence-corrected chi connectivity index (χ4v) is 5.42. The number of alkyl carbamates (subject to hydrolysis) is 1. The van der Waals surface area contributed by atoms with Gasteiger partial charge < -0.3 is 30.8 Å². The van der Waals surface area contributed by atoms with E-state index in [1.54, 1.807) is 30.3 Å². The average Bonchev–Trinajstić information content (AvgIpc) is 3.59. The molecular formula is C34H33N5O9. The molecule has 1 atom stereocenters. The Bertz CT molecular complexity index is 1670. The quantitative estimate of drug-likeness (QED) is 0.195. The fourth-order valence-electron chi connectivity index (χ4n) is 5.42. The highest BCUT2D eigenvalue weighted by molar-refractivity contribution is 6.01. The van der Waals surface area contributed by atoms with Crippen LogP contribution in [0.15, 0.2) is 78.9 Å². The van der Waals surface area contributed by atoms with Gasteiger partial charge in [-0.25, -0.2) is 9.59 Å². The molecule has 3 aromatic rings. The number of ether oxygens (including phenoxy) is 1. The largest absolute Gasteiger partial charge is 0.449 e. The molecule has 48 heavy (non-hydrogen) atoms. The lowest BCUT2D eigenvalue weighted by Gasteiger charge is -2.19. The van der Waals surface area contributed by atoms with E-state index in [9.17, 15) is 33.6 Å². The van der Waals surface area contributed by atoms with Crippen LogP contribution in [0.3, 0.4) is 0 Å². The minimum Gasteiger partial charge on any atom is -0.449 e. The molecule has 1 fully saturated rings. The Kier molecular flexibility index (Phi) is 10.8. The van der Waals surface area contributed by atoms with E-state index in [4.69, 9.17) is 9.57 Å². The van der Waals surface area contributed by atoms with Gasteiger partial charge in [0.15, 0.2) is 0 Å². The minimum atomic E-state index is -1.15. The number of imide groups is 1. The number of nitrogens with zero attached hydrogens (tertiary/aromatic N) is 1. The number of hydrogen-bond donors (Lipinski definition) is 4. The zero-order valence-corrected chi connectivity index (χ0v) is 25.7. The second-order valence-corrected chi connectivity index (χ2v) is 11.0. The van der Waals surface area contributed by atoms with Gasteiger partial charge in [0.2, 0.25) is 17.7 Å². The van der Waals surface area contributed by atoms with Crippen LogP contribution in [-0.2, 0) is 44.8 Å². The van der Waals surface area contributed by atoms with E-state index in [-0.39, 0.29) is 31.8 Å². The molecule has 2 aliphatic rings. The molecule has 14 nitrogen and oxygen atoms in total.